The Bertz CT molecular complexity index is 1080. The minimum absolute atomic E-state index is 0.0737. The average Bonchev–Trinajstić information content (AvgIpc) is 2.97. The molecule has 148 valence electrons. The predicted octanol–water partition coefficient (Wildman–Crippen LogP) is 4.49. The summed E-state index contributed by atoms with van der Waals surface area (Å²) in [6.45, 7) is 6.35. The zero-order valence-electron chi connectivity index (χ0n) is 17.1. The van der Waals surface area contributed by atoms with Crippen molar-refractivity contribution >= 4 is 22.6 Å². The molecule has 3 aromatic carbocycles. The number of amides is 2. The number of benzene rings is 3. The van der Waals surface area contributed by atoms with Crippen LogP contribution in [-0.4, -0.2) is 28.8 Å². The Morgan fingerprint density at radius 1 is 0.966 bits per heavy atom. The van der Waals surface area contributed by atoms with E-state index in [1.54, 1.807) is 4.90 Å². The fourth-order valence-electron chi connectivity index (χ4n) is 3.97. The number of hydrogen-bond acceptors (Lipinski definition) is 2. The van der Waals surface area contributed by atoms with Gasteiger partial charge in [0.1, 0.15) is 6.04 Å². The fourth-order valence-corrected chi connectivity index (χ4v) is 3.97. The van der Waals surface area contributed by atoms with Crippen molar-refractivity contribution in [2.75, 3.05) is 6.54 Å². The summed E-state index contributed by atoms with van der Waals surface area (Å²) >= 11 is 0. The highest BCUT2D eigenvalue weighted by Crippen LogP contribution is 2.34. The number of hydrogen-bond donors (Lipinski definition) is 1. The van der Waals surface area contributed by atoms with Crippen molar-refractivity contribution in [2.24, 2.45) is 0 Å². The van der Waals surface area contributed by atoms with Crippen LogP contribution in [0.3, 0.4) is 0 Å². The molecular weight excluding hydrogens is 360 g/mol. The molecule has 0 aliphatic carbocycles. The molecule has 0 saturated carbocycles. The van der Waals surface area contributed by atoms with Crippen LogP contribution in [0.1, 0.15) is 48.3 Å². The molecule has 1 heterocycles. The molecule has 0 saturated heterocycles. The van der Waals surface area contributed by atoms with Crippen LogP contribution in [0.4, 0.5) is 0 Å². The average molecular weight is 386 g/mol. The lowest BCUT2D eigenvalue weighted by atomic mass is 10.0. The van der Waals surface area contributed by atoms with Crippen LogP contribution < -0.4 is 5.32 Å². The van der Waals surface area contributed by atoms with Crippen molar-refractivity contribution < 1.29 is 9.59 Å². The van der Waals surface area contributed by atoms with E-state index in [2.05, 4.69) is 35.6 Å². The van der Waals surface area contributed by atoms with Gasteiger partial charge in [-0.2, -0.15) is 0 Å². The highest BCUT2D eigenvalue weighted by molar-refractivity contribution is 6.04. The first-order valence-corrected chi connectivity index (χ1v) is 10.0. The fraction of sp³-hybridized carbons (Fsp3) is 0.280. The van der Waals surface area contributed by atoms with E-state index in [4.69, 9.17) is 0 Å². The summed E-state index contributed by atoms with van der Waals surface area (Å²) in [6, 6.07) is 21.4. The normalized spacial score (nSPS) is 16.2. The summed E-state index contributed by atoms with van der Waals surface area (Å²) in [5, 5.41) is 5.42. The van der Waals surface area contributed by atoms with Crippen LogP contribution in [0.2, 0.25) is 0 Å². The lowest BCUT2D eigenvalue weighted by Crippen LogP contribution is -2.47. The van der Waals surface area contributed by atoms with Gasteiger partial charge in [0.15, 0.2) is 0 Å². The molecule has 1 aliphatic heterocycles. The van der Waals surface area contributed by atoms with Gasteiger partial charge in [0.25, 0.3) is 5.91 Å². The molecule has 1 unspecified atom stereocenters. The summed E-state index contributed by atoms with van der Waals surface area (Å²) < 4.78 is 0. The van der Waals surface area contributed by atoms with Crippen molar-refractivity contribution in [3.63, 3.8) is 0 Å². The number of carbonyl (C=O) groups excluding carboxylic acids is 2. The molecule has 1 atom stereocenters. The third kappa shape index (κ3) is 3.88. The predicted molar refractivity (Wildman–Crippen MR) is 116 cm³/mol. The molecule has 4 nitrogen and oxygen atoms in total. The lowest BCUT2D eigenvalue weighted by molar-refractivity contribution is -0.127. The SMILES string of the molecule is CC(C)(C)NC(=O)C1c2ccccc2C(=O)N1CCc1ccc2ccccc2c1. The summed E-state index contributed by atoms with van der Waals surface area (Å²) in [5.74, 6) is -0.204. The highest BCUT2D eigenvalue weighted by Gasteiger charge is 2.41. The Kier molecular flexibility index (Phi) is 4.87. The maximum Gasteiger partial charge on any atom is 0.255 e. The van der Waals surface area contributed by atoms with Crippen LogP contribution >= 0.6 is 0 Å². The van der Waals surface area contributed by atoms with Gasteiger partial charge in [-0.15, -0.1) is 0 Å². The second kappa shape index (κ2) is 7.36. The van der Waals surface area contributed by atoms with Crippen LogP contribution in [0, 0.1) is 0 Å². The molecule has 0 bridgehead atoms. The summed E-state index contributed by atoms with van der Waals surface area (Å²) in [4.78, 5) is 27.8. The Balaban J connectivity index is 1.60. The van der Waals surface area contributed by atoms with Gasteiger partial charge in [0, 0.05) is 17.6 Å². The molecule has 4 rings (SSSR count). The van der Waals surface area contributed by atoms with E-state index in [0.717, 1.165) is 11.1 Å². The lowest BCUT2D eigenvalue weighted by Gasteiger charge is -2.29. The Morgan fingerprint density at radius 3 is 2.41 bits per heavy atom. The second-order valence-electron chi connectivity index (χ2n) is 8.66. The standard InChI is InChI=1S/C25H26N2O2/c1-25(2,3)26-23(28)22-20-10-6-7-11-21(20)24(29)27(22)15-14-17-12-13-18-8-4-5-9-19(18)16-17/h4-13,16,22H,14-15H2,1-3H3,(H,26,28). The van der Waals surface area contributed by atoms with Crippen molar-refractivity contribution in [3.8, 4) is 0 Å². The third-order valence-corrected chi connectivity index (χ3v) is 5.26. The number of nitrogens with zero attached hydrogens (tertiary/aromatic N) is 1. The van der Waals surface area contributed by atoms with Gasteiger partial charge in [0.2, 0.25) is 5.91 Å². The van der Waals surface area contributed by atoms with Gasteiger partial charge in [-0.05, 0) is 55.2 Å². The molecule has 0 spiro atoms. The highest BCUT2D eigenvalue weighted by atomic mass is 16.2. The van der Waals surface area contributed by atoms with Gasteiger partial charge in [0.05, 0.1) is 0 Å². The molecule has 3 aromatic rings. The van der Waals surface area contributed by atoms with E-state index in [-0.39, 0.29) is 17.4 Å². The molecular formula is C25H26N2O2. The largest absolute Gasteiger partial charge is 0.349 e. The maximum absolute atomic E-state index is 13.1. The molecule has 0 aromatic heterocycles. The van der Waals surface area contributed by atoms with E-state index in [1.807, 2.05) is 57.2 Å². The quantitative estimate of drug-likeness (QED) is 0.718. The van der Waals surface area contributed by atoms with Gasteiger partial charge in [-0.1, -0.05) is 60.7 Å². The monoisotopic (exact) mass is 386 g/mol. The molecule has 0 fully saturated rings. The zero-order chi connectivity index (χ0) is 20.6. The number of nitrogens with one attached hydrogen (secondary N) is 1. The topological polar surface area (TPSA) is 49.4 Å². The molecule has 29 heavy (non-hydrogen) atoms. The molecule has 2 amide bonds. The summed E-state index contributed by atoms with van der Waals surface area (Å²) in [7, 11) is 0. The van der Waals surface area contributed by atoms with Crippen LogP contribution in [0.15, 0.2) is 66.7 Å². The Morgan fingerprint density at radius 2 is 1.66 bits per heavy atom. The second-order valence-corrected chi connectivity index (χ2v) is 8.66. The minimum Gasteiger partial charge on any atom is -0.349 e. The third-order valence-electron chi connectivity index (χ3n) is 5.26. The van der Waals surface area contributed by atoms with Crippen molar-refractivity contribution in [1.82, 2.24) is 10.2 Å². The number of carbonyl (C=O) groups is 2. The van der Waals surface area contributed by atoms with E-state index in [0.29, 0.717) is 18.5 Å². The molecule has 0 radical (unpaired) electrons. The smallest absolute Gasteiger partial charge is 0.255 e. The molecule has 1 N–H and O–H groups in total. The van der Waals surface area contributed by atoms with Crippen LogP contribution in [0.25, 0.3) is 10.8 Å². The maximum atomic E-state index is 13.1. The van der Waals surface area contributed by atoms with Gasteiger partial charge in [-0.3, -0.25) is 9.59 Å². The Hall–Kier alpha value is -3.14. The van der Waals surface area contributed by atoms with E-state index in [9.17, 15) is 9.59 Å². The number of rotatable bonds is 4. The van der Waals surface area contributed by atoms with Crippen LogP contribution in [-0.2, 0) is 11.2 Å². The minimum atomic E-state index is -0.585. The van der Waals surface area contributed by atoms with Gasteiger partial charge < -0.3 is 10.2 Å². The van der Waals surface area contributed by atoms with Gasteiger partial charge >= 0.3 is 0 Å². The first-order valence-electron chi connectivity index (χ1n) is 10.0. The van der Waals surface area contributed by atoms with Gasteiger partial charge in [-0.25, -0.2) is 0 Å². The van der Waals surface area contributed by atoms with E-state index < -0.39 is 6.04 Å². The molecule has 1 aliphatic rings. The zero-order valence-corrected chi connectivity index (χ0v) is 17.1. The van der Waals surface area contributed by atoms with Crippen LogP contribution in [0.5, 0.6) is 0 Å². The van der Waals surface area contributed by atoms with Crippen molar-refractivity contribution in [2.45, 2.75) is 38.8 Å². The molecule has 4 heteroatoms. The van der Waals surface area contributed by atoms with Crippen molar-refractivity contribution in [1.29, 1.82) is 0 Å². The first-order chi connectivity index (χ1) is 13.8. The van der Waals surface area contributed by atoms with E-state index >= 15 is 0 Å². The van der Waals surface area contributed by atoms with E-state index in [1.165, 1.54) is 10.8 Å². The summed E-state index contributed by atoms with van der Waals surface area (Å²) in [5.41, 5.74) is 2.21. The van der Waals surface area contributed by atoms with Crippen molar-refractivity contribution in [3.05, 3.63) is 83.4 Å². The number of fused-ring (bicyclic) bond motifs is 2. The first kappa shape index (κ1) is 19.2. The Labute approximate surface area is 171 Å². The summed E-state index contributed by atoms with van der Waals surface area (Å²) in [6.07, 6.45) is 0.698.